The molecule has 140 valence electrons. The summed E-state index contributed by atoms with van der Waals surface area (Å²) in [7, 11) is 0. The van der Waals surface area contributed by atoms with Crippen molar-refractivity contribution in [3.05, 3.63) is 72.2 Å². The fraction of sp³-hybridized carbons (Fsp3) is 0.200. The van der Waals surface area contributed by atoms with E-state index in [0.29, 0.717) is 37.6 Å². The van der Waals surface area contributed by atoms with Crippen molar-refractivity contribution in [1.82, 2.24) is 4.90 Å². The van der Waals surface area contributed by atoms with Gasteiger partial charge in [-0.05, 0) is 23.8 Å². The fourth-order valence-corrected chi connectivity index (χ4v) is 2.68. The summed E-state index contributed by atoms with van der Waals surface area (Å²) >= 11 is 0. The van der Waals surface area contributed by atoms with E-state index in [0.717, 1.165) is 5.56 Å². The van der Waals surface area contributed by atoms with Gasteiger partial charge in [-0.15, -0.1) is 0 Å². The highest BCUT2D eigenvalue weighted by molar-refractivity contribution is 6.53. The van der Waals surface area contributed by atoms with E-state index in [1.807, 2.05) is 35.2 Å². The lowest BCUT2D eigenvalue weighted by Gasteiger charge is -2.26. The first-order chi connectivity index (χ1) is 13.1. The summed E-state index contributed by atoms with van der Waals surface area (Å²) in [6.45, 7) is 2.50. The van der Waals surface area contributed by atoms with Gasteiger partial charge >= 0.3 is 5.97 Å². The molecule has 1 aliphatic heterocycles. The summed E-state index contributed by atoms with van der Waals surface area (Å²) in [6, 6.07) is 14.9. The van der Waals surface area contributed by atoms with E-state index >= 15 is 0 Å². The Hall–Kier alpha value is -3.19. The van der Waals surface area contributed by atoms with Crippen molar-refractivity contribution in [3.63, 3.8) is 0 Å². The molecule has 1 heterocycles. The largest absolute Gasteiger partial charge is 0.476 e. The minimum atomic E-state index is -1.18. The maximum absolute atomic E-state index is 13.3. The average molecular weight is 369 g/mol. The number of benzene rings is 2. The van der Waals surface area contributed by atoms with E-state index in [4.69, 9.17) is 4.74 Å². The Bertz CT molecular complexity index is 847. The van der Waals surface area contributed by atoms with E-state index in [-0.39, 0.29) is 5.71 Å². The van der Waals surface area contributed by atoms with Crippen molar-refractivity contribution in [3.8, 4) is 0 Å². The third kappa shape index (κ3) is 5.15. The number of hydrogen-bond donors (Lipinski definition) is 2. The van der Waals surface area contributed by atoms with Crippen LogP contribution in [0, 0.1) is 5.82 Å². The van der Waals surface area contributed by atoms with Gasteiger partial charge in [-0.1, -0.05) is 36.4 Å². The lowest BCUT2D eigenvalue weighted by molar-refractivity contribution is -0.129. The Morgan fingerprint density at radius 1 is 1.15 bits per heavy atom. The number of hydrazone groups is 1. The zero-order chi connectivity index (χ0) is 19.1. The van der Waals surface area contributed by atoms with E-state index in [1.165, 1.54) is 18.2 Å². The van der Waals surface area contributed by atoms with Crippen molar-refractivity contribution in [2.24, 2.45) is 5.10 Å². The average Bonchev–Trinajstić information content (AvgIpc) is 2.68. The van der Waals surface area contributed by atoms with Crippen LogP contribution in [0.4, 0.5) is 10.1 Å². The molecule has 3 rings (SSSR count). The maximum atomic E-state index is 13.3. The molecule has 1 fully saturated rings. The smallest absolute Gasteiger partial charge is 0.357 e. The normalized spacial score (nSPS) is 15.5. The highest BCUT2D eigenvalue weighted by atomic mass is 19.1. The van der Waals surface area contributed by atoms with Crippen molar-refractivity contribution in [2.45, 2.75) is 0 Å². The van der Waals surface area contributed by atoms with E-state index in [2.05, 4.69) is 10.5 Å². The van der Waals surface area contributed by atoms with E-state index in [9.17, 15) is 14.3 Å². The van der Waals surface area contributed by atoms with Gasteiger partial charge in [-0.3, -0.25) is 5.43 Å². The zero-order valence-corrected chi connectivity index (χ0v) is 14.6. The van der Waals surface area contributed by atoms with Crippen LogP contribution < -0.4 is 5.43 Å². The second kappa shape index (κ2) is 8.95. The third-order valence-electron chi connectivity index (χ3n) is 4.02. The summed E-state index contributed by atoms with van der Waals surface area (Å²) in [5, 5.41) is 13.8. The topological polar surface area (TPSA) is 74.2 Å². The first-order valence-electron chi connectivity index (χ1n) is 8.55. The van der Waals surface area contributed by atoms with Crippen LogP contribution in [-0.2, 0) is 9.53 Å². The van der Waals surface area contributed by atoms with Crippen molar-refractivity contribution in [2.75, 3.05) is 31.7 Å². The van der Waals surface area contributed by atoms with Gasteiger partial charge in [0, 0.05) is 24.9 Å². The number of carboxylic acid groups (broad SMARTS) is 1. The number of morpholine rings is 1. The van der Waals surface area contributed by atoms with Crippen LogP contribution in [0.25, 0.3) is 5.57 Å². The Labute approximate surface area is 156 Å². The predicted octanol–water partition coefficient (Wildman–Crippen LogP) is 3.05. The van der Waals surface area contributed by atoms with Crippen LogP contribution in [0.15, 0.2) is 65.9 Å². The van der Waals surface area contributed by atoms with Crippen LogP contribution in [0.3, 0.4) is 0 Å². The highest BCUT2D eigenvalue weighted by Gasteiger charge is 2.20. The van der Waals surface area contributed by atoms with Gasteiger partial charge in [0.05, 0.1) is 18.9 Å². The third-order valence-corrected chi connectivity index (χ3v) is 4.02. The number of carboxylic acids is 1. The number of nitrogens with one attached hydrogen (secondary N) is 1. The van der Waals surface area contributed by atoms with Gasteiger partial charge in [0.2, 0.25) is 0 Å². The molecule has 7 heteroatoms. The molecule has 1 saturated heterocycles. The molecule has 0 saturated carbocycles. The van der Waals surface area contributed by atoms with Gasteiger partial charge < -0.3 is 14.7 Å². The van der Waals surface area contributed by atoms with Crippen LogP contribution in [0.1, 0.15) is 5.56 Å². The van der Waals surface area contributed by atoms with Crippen molar-refractivity contribution in [1.29, 1.82) is 0 Å². The SMILES string of the molecule is O=C(O)C(=N\Nc1cccc(F)c1)/C(=C/N1CCOCC1)c1ccccc1. The van der Waals surface area contributed by atoms with Crippen LogP contribution in [-0.4, -0.2) is 48.0 Å². The Morgan fingerprint density at radius 2 is 1.89 bits per heavy atom. The number of nitrogens with zero attached hydrogens (tertiary/aromatic N) is 2. The summed E-state index contributed by atoms with van der Waals surface area (Å²) in [5.41, 5.74) is 4.04. The minimum absolute atomic E-state index is 0.156. The molecule has 0 spiro atoms. The van der Waals surface area contributed by atoms with Crippen molar-refractivity contribution >= 4 is 22.9 Å². The standard InChI is InChI=1S/C20H20FN3O3/c21-16-7-4-8-17(13-16)22-23-19(20(25)26)18(15-5-2-1-3-6-15)14-24-9-11-27-12-10-24/h1-8,13-14,22H,9-12H2,(H,25,26)/b18-14+,23-19-. The summed E-state index contributed by atoms with van der Waals surface area (Å²) in [5.74, 6) is -1.61. The lowest BCUT2D eigenvalue weighted by atomic mass is 10.0. The Kier molecular flexibility index (Phi) is 6.17. The molecule has 0 radical (unpaired) electrons. The van der Waals surface area contributed by atoms with Gasteiger partial charge in [-0.2, -0.15) is 5.10 Å². The van der Waals surface area contributed by atoms with Gasteiger partial charge in [-0.25, -0.2) is 9.18 Å². The molecule has 0 amide bonds. The second-order valence-electron chi connectivity index (χ2n) is 5.94. The number of aliphatic carboxylic acids is 1. The number of ether oxygens (including phenoxy) is 1. The summed E-state index contributed by atoms with van der Waals surface area (Å²) in [6.07, 6.45) is 1.79. The highest BCUT2D eigenvalue weighted by Crippen LogP contribution is 2.19. The molecule has 0 aliphatic carbocycles. The molecular weight excluding hydrogens is 349 g/mol. The number of halogens is 1. The van der Waals surface area contributed by atoms with Crippen molar-refractivity contribution < 1.29 is 19.0 Å². The Balaban J connectivity index is 1.96. The van der Waals surface area contributed by atoms with Crippen LogP contribution >= 0.6 is 0 Å². The zero-order valence-electron chi connectivity index (χ0n) is 14.6. The molecular formula is C20H20FN3O3. The molecule has 2 aromatic rings. The predicted molar refractivity (Wildman–Crippen MR) is 102 cm³/mol. The molecule has 1 aliphatic rings. The van der Waals surface area contributed by atoms with Gasteiger partial charge in [0.25, 0.3) is 0 Å². The molecule has 0 atom stereocenters. The lowest BCUT2D eigenvalue weighted by Crippen LogP contribution is -2.33. The van der Waals surface area contributed by atoms with Crippen LogP contribution in [0.5, 0.6) is 0 Å². The number of carbonyl (C=O) groups is 1. The quantitative estimate of drug-likeness (QED) is 0.605. The Morgan fingerprint density at radius 3 is 2.56 bits per heavy atom. The molecule has 6 nitrogen and oxygen atoms in total. The minimum Gasteiger partial charge on any atom is -0.476 e. The van der Waals surface area contributed by atoms with E-state index < -0.39 is 11.8 Å². The molecule has 2 N–H and O–H groups in total. The molecule has 0 aromatic heterocycles. The monoisotopic (exact) mass is 369 g/mol. The maximum Gasteiger partial charge on any atom is 0.357 e. The second-order valence-corrected chi connectivity index (χ2v) is 5.94. The van der Waals surface area contributed by atoms with E-state index in [1.54, 1.807) is 12.3 Å². The van der Waals surface area contributed by atoms with Gasteiger partial charge in [0.1, 0.15) is 5.82 Å². The van der Waals surface area contributed by atoms with Crippen LogP contribution in [0.2, 0.25) is 0 Å². The summed E-state index contributed by atoms with van der Waals surface area (Å²) in [4.78, 5) is 13.9. The summed E-state index contributed by atoms with van der Waals surface area (Å²) < 4.78 is 18.7. The molecule has 0 bridgehead atoms. The first-order valence-corrected chi connectivity index (χ1v) is 8.55. The molecule has 0 unspecified atom stereocenters. The fourth-order valence-electron chi connectivity index (χ4n) is 2.68. The molecule has 27 heavy (non-hydrogen) atoms. The number of anilines is 1. The number of hydrogen-bond acceptors (Lipinski definition) is 5. The first kappa shape index (κ1) is 18.6. The van der Waals surface area contributed by atoms with Gasteiger partial charge in [0.15, 0.2) is 5.71 Å². The number of rotatable bonds is 6. The molecule has 2 aromatic carbocycles.